The third-order valence-corrected chi connectivity index (χ3v) is 4.23. The lowest BCUT2D eigenvalue weighted by Crippen LogP contribution is -2.36. The number of ether oxygens (including phenoxy) is 2. The Morgan fingerprint density at radius 1 is 1.05 bits per heavy atom. The summed E-state index contributed by atoms with van der Waals surface area (Å²) in [4.78, 5) is 0. The van der Waals surface area contributed by atoms with E-state index in [9.17, 15) is 0 Å². The van der Waals surface area contributed by atoms with Gasteiger partial charge in [-0.25, -0.2) is 0 Å². The van der Waals surface area contributed by atoms with Gasteiger partial charge in [-0.05, 0) is 50.3 Å². The summed E-state index contributed by atoms with van der Waals surface area (Å²) in [6.07, 6.45) is 3.84. The van der Waals surface area contributed by atoms with Gasteiger partial charge in [-0.15, -0.1) is 0 Å². The Morgan fingerprint density at radius 3 is 2.10 bits per heavy atom. The molecule has 1 saturated carbocycles. The molecule has 0 aliphatic heterocycles. The molecule has 1 aliphatic rings. The Labute approximate surface area is 129 Å². The first-order valence-corrected chi connectivity index (χ1v) is 8.36. The average Bonchev–Trinajstić information content (AvgIpc) is 2.44. The molecule has 1 aromatic rings. The Kier molecular flexibility index (Phi) is 6.68. The van der Waals surface area contributed by atoms with Crippen LogP contribution < -0.4 is 5.32 Å². The highest BCUT2D eigenvalue weighted by molar-refractivity contribution is 5.28. The van der Waals surface area contributed by atoms with Gasteiger partial charge in [0.25, 0.3) is 0 Å². The zero-order valence-corrected chi connectivity index (χ0v) is 13.6. The lowest BCUT2D eigenvalue weighted by atomic mass is 9.80. The van der Waals surface area contributed by atoms with Gasteiger partial charge in [0, 0.05) is 13.2 Å². The normalized spacial score (nSPS) is 17.0. The molecule has 0 spiro atoms. The van der Waals surface area contributed by atoms with Crippen molar-refractivity contribution in [1.82, 2.24) is 5.32 Å². The summed E-state index contributed by atoms with van der Waals surface area (Å²) in [6, 6.07) is 9.10. The zero-order valence-electron chi connectivity index (χ0n) is 13.6. The number of rotatable bonds is 9. The number of nitrogens with one attached hydrogen (secondary N) is 1. The van der Waals surface area contributed by atoms with E-state index in [4.69, 9.17) is 9.47 Å². The van der Waals surface area contributed by atoms with Crippen molar-refractivity contribution in [3.63, 3.8) is 0 Å². The maximum atomic E-state index is 5.78. The van der Waals surface area contributed by atoms with Gasteiger partial charge in [0.15, 0.2) is 6.29 Å². The third kappa shape index (κ3) is 4.29. The maximum Gasteiger partial charge on any atom is 0.176 e. The van der Waals surface area contributed by atoms with Crippen LogP contribution in [0.15, 0.2) is 24.3 Å². The van der Waals surface area contributed by atoms with Gasteiger partial charge in [0.05, 0.1) is 6.04 Å². The molecule has 0 amide bonds. The second-order valence-corrected chi connectivity index (χ2v) is 5.61. The van der Waals surface area contributed by atoms with E-state index in [1.807, 2.05) is 13.8 Å². The molecule has 1 aliphatic carbocycles. The monoisotopic (exact) mass is 291 g/mol. The number of likely N-dealkylation sites (N-methyl/N-ethyl adjacent to an activating group) is 1. The van der Waals surface area contributed by atoms with E-state index in [1.165, 1.54) is 30.4 Å². The van der Waals surface area contributed by atoms with Crippen LogP contribution in [0.2, 0.25) is 0 Å². The van der Waals surface area contributed by atoms with Gasteiger partial charge in [0.2, 0.25) is 0 Å². The van der Waals surface area contributed by atoms with Gasteiger partial charge < -0.3 is 14.8 Å². The average molecular weight is 291 g/mol. The number of hydrogen-bond donors (Lipinski definition) is 1. The van der Waals surface area contributed by atoms with Crippen molar-refractivity contribution >= 4 is 0 Å². The molecule has 3 heteroatoms. The molecule has 118 valence electrons. The van der Waals surface area contributed by atoms with E-state index < -0.39 is 0 Å². The molecule has 1 unspecified atom stereocenters. The molecular formula is C18H29NO2. The van der Waals surface area contributed by atoms with Crippen molar-refractivity contribution in [3.05, 3.63) is 35.4 Å². The van der Waals surface area contributed by atoms with Crippen molar-refractivity contribution in [3.8, 4) is 0 Å². The minimum absolute atomic E-state index is 0.0883. The van der Waals surface area contributed by atoms with Gasteiger partial charge in [-0.3, -0.25) is 0 Å². The Bertz CT molecular complexity index is 394. The minimum Gasteiger partial charge on any atom is -0.351 e. The molecule has 21 heavy (non-hydrogen) atoms. The third-order valence-electron chi connectivity index (χ3n) is 4.23. The second-order valence-electron chi connectivity index (χ2n) is 5.61. The van der Waals surface area contributed by atoms with Gasteiger partial charge in [-0.1, -0.05) is 37.6 Å². The summed E-state index contributed by atoms with van der Waals surface area (Å²) in [6.45, 7) is 8.35. The highest BCUT2D eigenvalue weighted by Crippen LogP contribution is 2.36. The van der Waals surface area contributed by atoms with Crippen LogP contribution in [-0.4, -0.2) is 26.0 Å². The standard InChI is InChI=1S/C18H29NO2/c1-4-19-17(18(20-5-2)21-6-3)16-12-10-15(11-13-16)14-8-7-9-14/h10-14,17-19H,4-9H2,1-3H3. The molecule has 0 saturated heterocycles. The lowest BCUT2D eigenvalue weighted by molar-refractivity contribution is -0.155. The molecule has 1 N–H and O–H groups in total. The smallest absolute Gasteiger partial charge is 0.176 e. The molecular weight excluding hydrogens is 262 g/mol. The van der Waals surface area contributed by atoms with Gasteiger partial charge in [-0.2, -0.15) is 0 Å². The van der Waals surface area contributed by atoms with E-state index >= 15 is 0 Å². The van der Waals surface area contributed by atoms with Crippen LogP contribution in [0.1, 0.15) is 63.1 Å². The van der Waals surface area contributed by atoms with Crippen LogP contribution in [0.25, 0.3) is 0 Å². The van der Waals surface area contributed by atoms with E-state index in [0.29, 0.717) is 13.2 Å². The summed E-state index contributed by atoms with van der Waals surface area (Å²) in [7, 11) is 0. The molecule has 1 fully saturated rings. The summed E-state index contributed by atoms with van der Waals surface area (Å²) in [5.74, 6) is 0.784. The van der Waals surface area contributed by atoms with Crippen LogP contribution in [0, 0.1) is 0 Å². The van der Waals surface area contributed by atoms with Crippen molar-refractivity contribution in [2.75, 3.05) is 19.8 Å². The molecule has 0 aromatic heterocycles. The summed E-state index contributed by atoms with van der Waals surface area (Å²) < 4.78 is 11.6. The molecule has 1 aromatic carbocycles. The first-order valence-electron chi connectivity index (χ1n) is 8.36. The second kappa shape index (κ2) is 8.52. The molecule has 3 nitrogen and oxygen atoms in total. The van der Waals surface area contributed by atoms with Gasteiger partial charge in [0.1, 0.15) is 0 Å². The largest absolute Gasteiger partial charge is 0.351 e. The topological polar surface area (TPSA) is 30.5 Å². The lowest BCUT2D eigenvalue weighted by Gasteiger charge is -2.29. The number of hydrogen-bond acceptors (Lipinski definition) is 3. The van der Waals surface area contributed by atoms with Crippen molar-refractivity contribution in [2.24, 2.45) is 0 Å². The predicted molar refractivity (Wildman–Crippen MR) is 86.5 cm³/mol. The maximum absolute atomic E-state index is 5.78. The van der Waals surface area contributed by atoms with Crippen LogP contribution in [0.5, 0.6) is 0 Å². The fraction of sp³-hybridized carbons (Fsp3) is 0.667. The first-order chi connectivity index (χ1) is 10.3. The van der Waals surface area contributed by atoms with Crippen LogP contribution in [0.4, 0.5) is 0 Å². The SMILES string of the molecule is CCNC(c1ccc(C2CCC2)cc1)C(OCC)OCC. The van der Waals surface area contributed by atoms with Crippen LogP contribution in [-0.2, 0) is 9.47 Å². The predicted octanol–water partition coefficient (Wildman–Crippen LogP) is 4.00. The summed E-state index contributed by atoms with van der Waals surface area (Å²) in [5, 5.41) is 3.50. The quantitative estimate of drug-likeness (QED) is 0.697. The fourth-order valence-electron chi connectivity index (χ4n) is 2.88. The van der Waals surface area contributed by atoms with Crippen molar-refractivity contribution < 1.29 is 9.47 Å². The van der Waals surface area contributed by atoms with Crippen molar-refractivity contribution in [2.45, 2.75) is 58.3 Å². The van der Waals surface area contributed by atoms with E-state index in [-0.39, 0.29) is 12.3 Å². The van der Waals surface area contributed by atoms with E-state index in [1.54, 1.807) is 0 Å². The zero-order chi connectivity index (χ0) is 15.1. The molecule has 0 bridgehead atoms. The summed E-state index contributed by atoms with van der Waals surface area (Å²) >= 11 is 0. The molecule has 0 heterocycles. The Hall–Kier alpha value is -0.900. The fourth-order valence-corrected chi connectivity index (χ4v) is 2.88. The molecule has 2 rings (SSSR count). The highest BCUT2D eigenvalue weighted by atomic mass is 16.7. The van der Waals surface area contributed by atoms with E-state index in [2.05, 4.69) is 36.5 Å². The first kappa shape index (κ1) is 16.5. The Balaban J connectivity index is 2.11. The Morgan fingerprint density at radius 2 is 1.67 bits per heavy atom. The van der Waals surface area contributed by atoms with E-state index in [0.717, 1.165) is 12.5 Å². The number of benzene rings is 1. The highest BCUT2D eigenvalue weighted by Gasteiger charge is 2.24. The minimum atomic E-state index is -0.227. The van der Waals surface area contributed by atoms with Crippen LogP contribution in [0.3, 0.4) is 0 Å². The summed E-state index contributed by atoms with van der Waals surface area (Å²) in [5.41, 5.74) is 2.72. The molecule has 1 atom stereocenters. The van der Waals surface area contributed by atoms with Crippen molar-refractivity contribution in [1.29, 1.82) is 0 Å². The van der Waals surface area contributed by atoms with Gasteiger partial charge >= 0.3 is 0 Å². The van der Waals surface area contributed by atoms with Crippen LogP contribution >= 0.6 is 0 Å². The molecule has 0 radical (unpaired) electrons.